The molecule has 0 radical (unpaired) electrons. The van der Waals surface area contributed by atoms with E-state index >= 15 is 0 Å². The quantitative estimate of drug-likeness (QED) is 0.845. The van der Waals surface area contributed by atoms with Gasteiger partial charge in [0.1, 0.15) is 0 Å². The summed E-state index contributed by atoms with van der Waals surface area (Å²) in [7, 11) is -2.99. The Balaban J connectivity index is 2.15. The van der Waals surface area contributed by atoms with Crippen molar-refractivity contribution in [3.63, 3.8) is 0 Å². The first-order valence-corrected chi connectivity index (χ1v) is 8.66. The van der Waals surface area contributed by atoms with Gasteiger partial charge in [0.05, 0.1) is 17.0 Å². The van der Waals surface area contributed by atoms with E-state index in [-0.39, 0.29) is 16.8 Å². The molecule has 1 unspecified atom stereocenters. The van der Waals surface area contributed by atoms with Gasteiger partial charge in [0.25, 0.3) is 0 Å². The molecule has 2 heterocycles. The summed E-state index contributed by atoms with van der Waals surface area (Å²) >= 11 is 5.86. The predicted molar refractivity (Wildman–Crippen MR) is 78.9 cm³/mol. The highest BCUT2D eigenvalue weighted by atomic mass is 35.5. The lowest BCUT2D eigenvalue weighted by Crippen LogP contribution is -2.36. The van der Waals surface area contributed by atoms with Crippen LogP contribution in [0.2, 0.25) is 5.28 Å². The molecule has 1 aromatic heterocycles. The second-order valence-corrected chi connectivity index (χ2v) is 7.73. The zero-order chi connectivity index (χ0) is 14.8. The van der Waals surface area contributed by atoms with Crippen molar-refractivity contribution >= 4 is 33.3 Å². The smallest absolute Gasteiger partial charge is 0.229 e. The molecule has 1 atom stereocenters. The van der Waals surface area contributed by atoms with Gasteiger partial charge in [-0.2, -0.15) is 15.0 Å². The lowest BCUT2D eigenvalue weighted by atomic mass is 10.0. The number of nitrogens with zero attached hydrogens (tertiary/aromatic N) is 3. The number of halogens is 1. The molecule has 0 aromatic carbocycles. The Morgan fingerprint density at radius 2 is 2.00 bits per heavy atom. The molecule has 0 saturated carbocycles. The second kappa shape index (κ2) is 5.69. The summed E-state index contributed by atoms with van der Waals surface area (Å²) in [5.41, 5.74) is -0.564. The third-order valence-electron chi connectivity index (χ3n) is 3.06. The van der Waals surface area contributed by atoms with Gasteiger partial charge >= 0.3 is 0 Å². The molecule has 7 nitrogen and oxygen atoms in total. The Morgan fingerprint density at radius 3 is 2.60 bits per heavy atom. The highest BCUT2D eigenvalue weighted by Gasteiger charge is 2.39. The van der Waals surface area contributed by atoms with Gasteiger partial charge in [-0.25, -0.2) is 8.42 Å². The van der Waals surface area contributed by atoms with Gasteiger partial charge in [0.15, 0.2) is 9.84 Å². The minimum Gasteiger partial charge on any atom is -0.354 e. The normalized spacial score (nSPS) is 24.6. The standard InChI is InChI=1S/C11H18ClN5O2S/c1-3-5-13-9-14-8(12)15-10(16-9)17-11(2)4-6-20(18,19)7-11/h3-7H2,1-2H3,(H2,13,14,15,16,17). The maximum absolute atomic E-state index is 11.6. The Hall–Kier alpha value is -1.15. The van der Waals surface area contributed by atoms with Crippen molar-refractivity contribution < 1.29 is 8.42 Å². The molecule has 112 valence electrons. The number of hydrogen-bond acceptors (Lipinski definition) is 7. The van der Waals surface area contributed by atoms with Crippen molar-refractivity contribution in [2.45, 2.75) is 32.2 Å². The van der Waals surface area contributed by atoms with Gasteiger partial charge in [-0.05, 0) is 31.4 Å². The van der Waals surface area contributed by atoms with E-state index in [1.807, 2.05) is 13.8 Å². The molecule has 0 spiro atoms. The lowest BCUT2D eigenvalue weighted by Gasteiger charge is -2.23. The Kier molecular flexibility index (Phi) is 4.33. The Morgan fingerprint density at radius 1 is 1.30 bits per heavy atom. The van der Waals surface area contributed by atoms with Crippen LogP contribution in [0.15, 0.2) is 0 Å². The summed E-state index contributed by atoms with van der Waals surface area (Å²) < 4.78 is 23.2. The van der Waals surface area contributed by atoms with Crippen LogP contribution in [-0.4, -0.2) is 47.0 Å². The van der Waals surface area contributed by atoms with Crippen LogP contribution in [0.1, 0.15) is 26.7 Å². The fourth-order valence-corrected chi connectivity index (χ4v) is 4.35. The van der Waals surface area contributed by atoms with Gasteiger partial charge in [0, 0.05) is 6.54 Å². The van der Waals surface area contributed by atoms with Crippen LogP contribution in [0.25, 0.3) is 0 Å². The van der Waals surface area contributed by atoms with E-state index in [1.54, 1.807) is 0 Å². The Labute approximate surface area is 123 Å². The monoisotopic (exact) mass is 319 g/mol. The minimum absolute atomic E-state index is 0.0705. The number of sulfone groups is 1. The van der Waals surface area contributed by atoms with E-state index in [4.69, 9.17) is 11.6 Å². The Bertz CT molecular complexity index is 594. The minimum atomic E-state index is -2.99. The van der Waals surface area contributed by atoms with E-state index in [0.29, 0.717) is 18.3 Å². The van der Waals surface area contributed by atoms with Crippen molar-refractivity contribution in [1.82, 2.24) is 15.0 Å². The van der Waals surface area contributed by atoms with Crippen LogP contribution >= 0.6 is 11.6 Å². The average molecular weight is 320 g/mol. The van der Waals surface area contributed by atoms with Crippen molar-refractivity contribution in [1.29, 1.82) is 0 Å². The number of rotatable bonds is 5. The SMILES string of the molecule is CCCNc1nc(Cl)nc(NC2(C)CCS(=O)(=O)C2)n1. The first-order chi connectivity index (χ1) is 9.32. The van der Waals surface area contributed by atoms with Crippen molar-refractivity contribution in [2.75, 3.05) is 28.7 Å². The fraction of sp³-hybridized carbons (Fsp3) is 0.727. The molecule has 1 aromatic rings. The highest BCUT2D eigenvalue weighted by Crippen LogP contribution is 2.26. The molecule has 1 saturated heterocycles. The van der Waals surface area contributed by atoms with Gasteiger partial charge in [-0.15, -0.1) is 0 Å². The molecule has 0 aliphatic carbocycles. The summed E-state index contributed by atoms with van der Waals surface area (Å²) in [5, 5.41) is 6.16. The average Bonchev–Trinajstić information content (AvgIpc) is 2.60. The van der Waals surface area contributed by atoms with Crippen LogP contribution < -0.4 is 10.6 Å². The molecule has 1 fully saturated rings. The largest absolute Gasteiger partial charge is 0.354 e. The van der Waals surface area contributed by atoms with Gasteiger partial charge in [-0.1, -0.05) is 6.92 Å². The maximum atomic E-state index is 11.6. The maximum Gasteiger partial charge on any atom is 0.229 e. The zero-order valence-electron chi connectivity index (χ0n) is 11.5. The highest BCUT2D eigenvalue weighted by molar-refractivity contribution is 7.91. The molecule has 2 rings (SSSR count). The second-order valence-electron chi connectivity index (χ2n) is 5.21. The first kappa shape index (κ1) is 15.2. The third kappa shape index (κ3) is 3.92. The van der Waals surface area contributed by atoms with Crippen molar-refractivity contribution in [3.05, 3.63) is 5.28 Å². The molecule has 1 aliphatic rings. The van der Waals surface area contributed by atoms with Crippen molar-refractivity contribution in [3.8, 4) is 0 Å². The third-order valence-corrected chi connectivity index (χ3v) is 5.13. The van der Waals surface area contributed by atoms with E-state index < -0.39 is 15.4 Å². The van der Waals surface area contributed by atoms with Crippen LogP contribution in [-0.2, 0) is 9.84 Å². The number of aromatic nitrogens is 3. The molecular formula is C11H18ClN5O2S. The van der Waals surface area contributed by atoms with E-state index in [9.17, 15) is 8.42 Å². The molecular weight excluding hydrogens is 302 g/mol. The molecule has 2 N–H and O–H groups in total. The zero-order valence-corrected chi connectivity index (χ0v) is 13.1. The molecule has 0 bridgehead atoms. The van der Waals surface area contributed by atoms with Gasteiger partial charge in [0.2, 0.25) is 17.2 Å². The van der Waals surface area contributed by atoms with E-state index in [1.165, 1.54) is 0 Å². The summed E-state index contributed by atoms with van der Waals surface area (Å²) in [6, 6.07) is 0. The van der Waals surface area contributed by atoms with Gasteiger partial charge < -0.3 is 10.6 Å². The van der Waals surface area contributed by atoms with Crippen LogP contribution in [0.4, 0.5) is 11.9 Å². The molecule has 20 heavy (non-hydrogen) atoms. The van der Waals surface area contributed by atoms with Crippen molar-refractivity contribution in [2.24, 2.45) is 0 Å². The molecule has 9 heteroatoms. The number of nitrogens with one attached hydrogen (secondary N) is 2. The summed E-state index contributed by atoms with van der Waals surface area (Å²) in [5.74, 6) is 0.930. The predicted octanol–water partition coefficient (Wildman–Crippen LogP) is 1.34. The lowest BCUT2D eigenvalue weighted by molar-refractivity contribution is 0.569. The van der Waals surface area contributed by atoms with E-state index in [0.717, 1.165) is 13.0 Å². The summed E-state index contributed by atoms with van der Waals surface area (Å²) in [4.78, 5) is 12.2. The van der Waals surface area contributed by atoms with E-state index in [2.05, 4.69) is 25.6 Å². The molecule has 0 amide bonds. The topological polar surface area (TPSA) is 96.9 Å². The fourth-order valence-electron chi connectivity index (χ4n) is 2.10. The number of anilines is 2. The first-order valence-electron chi connectivity index (χ1n) is 6.46. The van der Waals surface area contributed by atoms with Crippen LogP contribution in [0, 0.1) is 0 Å². The summed E-state index contributed by atoms with van der Waals surface area (Å²) in [6.07, 6.45) is 1.46. The van der Waals surface area contributed by atoms with Crippen LogP contribution in [0.5, 0.6) is 0 Å². The summed E-state index contributed by atoms with van der Waals surface area (Å²) in [6.45, 7) is 4.60. The molecule has 1 aliphatic heterocycles. The number of hydrogen-bond donors (Lipinski definition) is 2. The van der Waals surface area contributed by atoms with Crippen LogP contribution in [0.3, 0.4) is 0 Å². The van der Waals surface area contributed by atoms with Gasteiger partial charge in [-0.3, -0.25) is 0 Å².